The van der Waals surface area contributed by atoms with E-state index in [2.05, 4.69) is 31.9 Å². The molecular weight excluding hydrogens is 645 g/mol. The van der Waals surface area contributed by atoms with Crippen LogP contribution in [0.2, 0.25) is 0 Å². The zero-order valence-corrected chi connectivity index (χ0v) is 27.0. The van der Waals surface area contributed by atoms with Gasteiger partial charge < -0.3 is 21.3 Å². The van der Waals surface area contributed by atoms with Crippen LogP contribution in [0.25, 0.3) is 0 Å². The van der Waals surface area contributed by atoms with Gasteiger partial charge in [0.05, 0.1) is 10.5 Å². The predicted molar refractivity (Wildman–Crippen MR) is 191 cm³/mol. The average Bonchev–Trinajstić information content (AvgIpc) is 3.55. The molecule has 44 heavy (non-hydrogen) atoms. The molecule has 256 valence electrons. The first kappa shape index (κ1) is 48.6. The fraction of sp³-hybridized carbons (Fsp3) is 0.714. The van der Waals surface area contributed by atoms with Gasteiger partial charge in [0.1, 0.15) is 16.4 Å². The summed E-state index contributed by atoms with van der Waals surface area (Å²) in [6.07, 6.45) is 0. The van der Waals surface area contributed by atoms with Crippen molar-refractivity contribution in [1.82, 2.24) is 31.9 Å². The molecule has 0 spiro atoms. The summed E-state index contributed by atoms with van der Waals surface area (Å²) in [6, 6.07) is -0.858. The van der Waals surface area contributed by atoms with Crippen molar-refractivity contribution in [2.45, 2.75) is 108 Å². The van der Waals surface area contributed by atoms with E-state index >= 15 is 0 Å². The van der Waals surface area contributed by atoms with E-state index in [0.717, 1.165) is 11.8 Å². The van der Waals surface area contributed by atoms with E-state index in [1.54, 1.807) is 0 Å². The van der Waals surface area contributed by atoms with Gasteiger partial charge in [-0.15, -0.1) is 0 Å². The summed E-state index contributed by atoms with van der Waals surface area (Å²) >= 11 is 12.1. The second-order valence-corrected chi connectivity index (χ2v) is 13.8. The SMILES string of the molecule is C.C.C.C.CC(C)C1NC(=O)NC1=O.CC(C)C1NC(=S)NC1=O.CC(C)C1SC(=O)NC1=O.CC(C)C1SC(=S)NC1=O. The van der Waals surface area contributed by atoms with E-state index in [9.17, 15) is 28.8 Å². The summed E-state index contributed by atoms with van der Waals surface area (Å²) in [6.45, 7) is 15.6. The lowest BCUT2D eigenvalue weighted by Crippen LogP contribution is -2.33. The number of carbonyl (C=O) groups excluding carboxylic acids is 6. The maximum atomic E-state index is 11.0. The first-order valence-electron chi connectivity index (χ1n) is 12.7. The molecule has 4 fully saturated rings. The number of nitrogens with one attached hydrogen (secondary N) is 6. The minimum absolute atomic E-state index is 0. The summed E-state index contributed by atoms with van der Waals surface area (Å²) in [5.41, 5.74) is 0. The van der Waals surface area contributed by atoms with Gasteiger partial charge in [0.25, 0.3) is 11.1 Å². The predicted octanol–water partition coefficient (Wildman–Crippen LogP) is 4.56. The van der Waals surface area contributed by atoms with Gasteiger partial charge in [-0.2, -0.15) is 0 Å². The molecule has 4 aliphatic heterocycles. The quantitative estimate of drug-likeness (QED) is 0.179. The number of amides is 7. The minimum atomic E-state index is -0.385. The van der Waals surface area contributed by atoms with Crippen molar-refractivity contribution in [2.75, 3.05) is 0 Å². The highest BCUT2D eigenvalue weighted by Gasteiger charge is 2.34. The third-order valence-electron chi connectivity index (χ3n) is 5.59. The van der Waals surface area contributed by atoms with Crippen molar-refractivity contribution < 1.29 is 28.8 Å². The third-order valence-corrected chi connectivity index (χ3v) is 8.86. The van der Waals surface area contributed by atoms with Crippen LogP contribution in [0, 0.1) is 23.7 Å². The Morgan fingerprint density at radius 3 is 1.11 bits per heavy atom. The lowest BCUT2D eigenvalue weighted by atomic mass is 10.1. The van der Waals surface area contributed by atoms with Crippen LogP contribution in [0.5, 0.6) is 0 Å². The van der Waals surface area contributed by atoms with Gasteiger partial charge in [0.2, 0.25) is 17.7 Å². The second-order valence-electron chi connectivity index (χ2n) is 10.5. The van der Waals surface area contributed by atoms with Crippen LogP contribution in [-0.2, 0) is 19.2 Å². The fourth-order valence-corrected chi connectivity index (χ4v) is 5.72. The third kappa shape index (κ3) is 15.6. The molecule has 0 saturated carbocycles. The Kier molecular flexibility index (Phi) is 24.6. The Hall–Kier alpha value is -2.30. The van der Waals surface area contributed by atoms with Crippen molar-refractivity contribution >= 4 is 92.3 Å². The number of imide groups is 2. The normalized spacial score (nSPS) is 23.0. The largest absolute Gasteiger partial charge is 0.350 e. The maximum Gasteiger partial charge on any atom is 0.322 e. The standard InChI is InChI=1S/C6H10N2O2.C6H10N2OS.C6H9NO2S.C6H9NOS2.4CH4/c2*1-3(2)4-5(9)8-6(10)7-4;2*1-3(2)4-5(8)7-6(9)10-4;;;;/h2*3-4H,1-2H3,(H2,7,8,9,10);2*3-4H,1-2H3,(H,7,8,9);4*1H4. The zero-order valence-electron chi connectivity index (χ0n) is 23.7. The number of hydrogen-bond donors (Lipinski definition) is 6. The van der Waals surface area contributed by atoms with E-state index in [0.29, 0.717) is 21.3 Å². The van der Waals surface area contributed by atoms with Gasteiger partial charge in [-0.05, 0) is 35.9 Å². The van der Waals surface area contributed by atoms with Crippen LogP contribution in [0.15, 0.2) is 0 Å². The molecule has 0 aromatic heterocycles. The number of thioether (sulfide) groups is 2. The lowest BCUT2D eigenvalue weighted by Gasteiger charge is -2.10. The van der Waals surface area contributed by atoms with E-state index in [1.165, 1.54) is 11.8 Å². The van der Waals surface area contributed by atoms with Crippen LogP contribution in [-0.4, -0.2) is 66.9 Å². The second kappa shape index (κ2) is 22.2. The molecule has 6 N–H and O–H groups in total. The lowest BCUT2D eigenvalue weighted by molar-refractivity contribution is -0.121. The molecule has 4 unspecified atom stereocenters. The average molecular weight is 699 g/mol. The van der Waals surface area contributed by atoms with Crippen LogP contribution in [0.3, 0.4) is 0 Å². The molecule has 0 aliphatic carbocycles. The molecular formula is C28H54N6O6S4. The Morgan fingerprint density at radius 2 is 0.932 bits per heavy atom. The van der Waals surface area contributed by atoms with Crippen molar-refractivity contribution in [3.63, 3.8) is 0 Å². The van der Waals surface area contributed by atoms with Crippen LogP contribution >= 0.6 is 48.0 Å². The molecule has 4 atom stereocenters. The summed E-state index contributed by atoms with van der Waals surface area (Å²) < 4.78 is 0.615. The van der Waals surface area contributed by atoms with Crippen molar-refractivity contribution in [3.05, 3.63) is 0 Å². The molecule has 0 aromatic carbocycles. The van der Waals surface area contributed by atoms with Crippen LogP contribution in [0.1, 0.15) is 85.1 Å². The first-order chi connectivity index (χ1) is 18.4. The molecule has 0 radical (unpaired) electrons. The highest BCUT2D eigenvalue weighted by molar-refractivity contribution is 8.24. The maximum absolute atomic E-state index is 11.0. The monoisotopic (exact) mass is 698 g/mol. The molecule has 0 bridgehead atoms. The molecule has 4 heterocycles. The number of hydrogen-bond acceptors (Lipinski definition) is 10. The summed E-state index contributed by atoms with van der Waals surface area (Å²) in [4.78, 5) is 64.8. The molecule has 4 rings (SSSR count). The molecule has 7 amide bonds. The molecule has 4 aliphatic rings. The van der Waals surface area contributed by atoms with Gasteiger partial charge in [0, 0.05) is 0 Å². The van der Waals surface area contributed by atoms with Gasteiger partial charge in [-0.25, -0.2) is 4.79 Å². The number of urea groups is 1. The van der Waals surface area contributed by atoms with Crippen LogP contribution in [0.4, 0.5) is 9.59 Å². The summed E-state index contributed by atoms with van der Waals surface area (Å²) in [5.74, 6) is 0.726. The van der Waals surface area contributed by atoms with Gasteiger partial charge >= 0.3 is 6.03 Å². The zero-order chi connectivity index (χ0) is 30.9. The van der Waals surface area contributed by atoms with Crippen molar-refractivity contribution in [1.29, 1.82) is 0 Å². The van der Waals surface area contributed by atoms with Crippen LogP contribution < -0.4 is 31.9 Å². The van der Waals surface area contributed by atoms with E-state index in [-0.39, 0.29) is 99.0 Å². The first-order valence-corrected chi connectivity index (χ1v) is 15.3. The van der Waals surface area contributed by atoms with Gasteiger partial charge in [0.15, 0.2) is 5.11 Å². The Balaban J connectivity index is -0.000000235. The van der Waals surface area contributed by atoms with Crippen molar-refractivity contribution in [2.24, 2.45) is 23.7 Å². The fourth-order valence-electron chi connectivity index (χ4n) is 3.42. The Labute approximate surface area is 283 Å². The number of thiocarbonyl (C=S) groups is 2. The summed E-state index contributed by atoms with van der Waals surface area (Å²) in [7, 11) is 0. The van der Waals surface area contributed by atoms with Gasteiger partial charge in [-0.1, -0.05) is 121 Å². The topological polar surface area (TPSA) is 175 Å². The molecule has 12 nitrogen and oxygen atoms in total. The molecule has 0 aromatic rings. The van der Waals surface area contributed by atoms with E-state index in [1.807, 2.05) is 55.4 Å². The highest BCUT2D eigenvalue weighted by atomic mass is 32.2. The minimum Gasteiger partial charge on any atom is -0.350 e. The Bertz CT molecular complexity index is 878. The van der Waals surface area contributed by atoms with Gasteiger partial charge in [-0.3, -0.25) is 34.6 Å². The Morgan fingerprint density at radius 1 is 0.523 bits per heavy atom. The summed E-state index contributed by atoms with van der Waals surface area (Å²) in [5, 5.41) is 15.0. The van der Waals surface area contributed by atoms with E-state index in [4.69, 9.17) is 24.4 Å². The molecule has 4 saturated heterocycles. The number of carbonyl (C=O) groups is 6. The number of rotatable bonds is 4. The van der Waals surface area contributed by atoms with E-state index < -0.39 is 0 Å². The smallest absolute Gasteiger partial charge is 0.322 e. The highest BCUT2D eigenvalue weighted by Crippen LogP contribution is 2.26. The van der Waals surface area contributed by atoms with Crippen molar-refractivity contribution in [3.8, 4) is 0 Å². The molecule has 16 heteroatoms.